The van der Waals surface area contributed by atoms with Crippen LogP contribution in [-0.4, -0.2) is 17.1 Å². The third-order valence-electron chi connectivity index (χ3n) is 1.89. The maximum atomic E-state index is 11.4. The van der Waals surface area contributed by atoms with Crippen LogP contribution >= 0.6 is 0 Å². The number of nitrogens with one attached hydrogen (secondary N) is 1. The van der Waals surface area contributed by atoms with Crippen LogP contribution in [0.2, 0.25) is 0 Å². The SMILES string of the molecule is CCCC[C@H](N)C(=O)Nc1ccon1. The van der Waals surface area contributed by atoms with Crippen LogP contribution in [0.4, 0.5) is 5.82 Å². The van der Waals surface area contributed by atoms with Crippen molar-refractivity contribution in [1.29, 1.82) is 0 Å². The Bertz CT molecular complexity index is 272. The number of hydrogen-bond donors (Lipinski definition) is 2. The van der Waals surface area contributed by atoms with E-state index in [1.54, 1.807) is 6.07 Å². The van der Waals surface area contributed by atoms with Gasteiger partial charge in [0.2, 0.25) is 5.91 Å². The standard InChI is InChI=1S/C9H15N3O2/c1-2-3-4-7(10)9(13)11-8-5-6-14-12-8/h5-7H,2-4,10H2,1H3,(H,11,12,13)/t7-/m0/s1. The van der Waals surface area contributed by atoms with Crippen LogP contribution in [0.5, 0.6) is 0 Å². The van der Waals surface area contributed by atoms with Gasteiger partial charge in [-0.25, -0.2) is 0 Å². The molecule has 1 aromatic rings. The van der Waals surface area contributed by atoms with Gasteiger partial charge in [-0.2, -0.15) is 0 Å². The van der Waals surface area contributed by atoms with Crippen LogP contribution in [0.1, 0.15) is 26.2 Å². The Hall–Kier alpha value is -1.36. The predicted octanol–water partition coefficient (Wildman–Crippen LogP) is 1.13. The van der Waals surface area contributed by atoms with E-state index >= 15 is 0 Å². The van der Waals surface area contributed by atoms with E-state index in [0.29, 0.717) is 12.2 Å². The normalized spacial score (nSPS) is 12.4. The number of amides is 1. The lowest BCUT2D eigenvalue weighted by Gasteiger charge is -2.09. The zero-order valence-corrected chi connectivity index (χ0v) is 8.19. The zero-order chi connectivity index (χ0) is 10.4. The first kappa shape index (κ1) is 10.7. The molecule has 0 aliphatic rings. The van der Waals surface area contributed by atoms with Gasteiger partial charge >= 0.3 is 0 Å². The van der Waals surface area contributed by atoms with Gasteiger partial charge < -0.3 is 15.6 Å². The maximum absolute atomic E-state index is 11.4. The largest absolute Gasteiger partial charge is 0.363 e. The predicted molar refractivity (Wildman–Crippen MR) is 52.6 cm³/mol. The molecule has 0 saturated carbocycles. The van der Waals surface area contributed by atoms with E-state index in [1.807, 2.05) is 0 Å². The molecule has 0 aliphatic heterocycles. The molecule has 1 aromatic heterocycles. The van der Waals surface area contributed by atoms with E-state index in [2.05, 4.69) is 21.9 Å². The molecule has 5 heteroatoms. The zero-order valence-electron chi connectivity index (χ0n) is 8.19. The van der Waals surface area contributed by atoms with Crippen LogP contribution in [-0.2, 0) is 4.79 Å². The number of aromatic nitrogens is 1. The number of nitrogens with zero attached hydrogens (tertiary/aromatic N) is 1. The van der Waals surface area contributed by atoms with Gasteiger partial charge in [0.1, 0.15) is 6.26 Å². The van der Waals surface area contributed by atoms with Crippen molar-refractivity contribution in [2.24, 2.45) is 5.73 Å². The molecule has 5 nitrogen and oxygen atoms in total. The lowest BCUT2D eigenvalue weighted by molar-refractivity contribution is -0.117. The van der Waals surface area contributed by atoms with E-state index < -0.39 is 6.04 Å². The van der Waals surface area contributed by atoms with Gasteiger partial charge in [-0.3, -0.25) is 4.79 Å². The maximum Gasteiger partial charge on any atom is 0.242 e. The Labute approximate surface area is 82.6 Å². The number of nitrogens with two attached hydrogens (primary N) is 1. The molecule has 0 bridgehead atoms. The summed E-state index contributed by atoms with van der Waals surface area (Å²) in [5, 5.41) is 6.12. The van der Waals surface area contributed by atoms with Crippen molar-refractivity contribution in [3.63, 3.8) is 0 Å². The van der Waals surface area contributed by atoms with Crippen molar-refractivity contribution in [2.75, 3.05) is 5.32 Å². The van der Waals surface area contributed by atoms with Crippen molar-refractivity contribution in [1.82, 2.24) is 5.16 Å². The third kappa shape index (κ3) is 3.18. The summed E-state index contributed by atoms with van der Waals surface area (Å²) < 4.78 is 4.57. The molecule has 1 rings (SSSR count). The second-order valence-corrected chi connectivity index (χ2v) is 3.12. The molecule has 1 amide bonds. The highest BCUT2D eigenvalue weighted by Gasteiger charge is 2.13. The molecule has 1 heterocycles. The van der Waals surface area contributed by atoms with Crippen LogP contribution < -0.4 is 11.1 Å². The number of hydrogen-bond acceptors (Lipinski definition) is 4. The first-order valence-electron chi connectivity index (χ1n) is 4.71. The van der Waals surface area contributed by atoms with Crippen LogP contribution in [0, 0.1) is 0 Å². The molecular weight excluding hydrogens is 182 g/mol. The molecule has 0 saturated heterocycles. The summed E-state index contributed by atoms with van der Waals surface area (Å²) in [6.45, 7) is 2.06. The van der Waals surface area contributed by atoms with E-state index in [4.69, 9.17) is 5.73 Å². The Morgan fingerprint density at radius 1 is 1.79 bits per heavy atom. The number of carbonyl (C=O) groups excluding carboxylic acids is 1. The molecule has 14 heavy (non-hydrogen) atoms. The summed E-state index contributed by atoms with van der Waals surface area (Å²) >= 11 is 0. The highest BCUT2D eigenvalue weighted by molar-refractivity contribution is 5.93. The minimum absolute atomic E-state index is 0.215. The van der Waals surface area contributed by atoms with Gasteiger partial charge in [0.05, 0.1) is 6.04 Å². The Morgan fingerprint density at radius 3 is 3.14 bits per heavy atom. The Morgan fingerprint density at radius 2 is 2.57 bits per heavy atom. The van der Waals surface area contributed by atoms with Gasteiger partial charge in [-0.15, -0.1) is 0 Å². The van der Waals surface area contributed by atoms with Crippen molar-refractivity contribution in [3.8, 4) is 0 Å². The first-order chi connectivity index (χ1) is 6.74. The summed E-state index contributed by atoms with van der Waals surface area (Å²) in [6.07, 6.45) is 4.08. The van der Waals surface area contributed by atoms with Crippen LogP contribution in [0.3, 0.4) is 0 Å². The van der Waals surface area contributed by atoms with E-state index in [0.717, 1.165) is 12.8 Å². The molecule has 0 radical (unpaired) electrons. The molecule has 3 N–H and O–H groups in total. The van der Waals surface area contributed by atoms with Crippen molar-refractivity contribution in [2.45, 2.75) is 32.2 Å². The van der Waals surface area contributed by atoms with Crippen molar-refractivity contribution in [3.05, 3.63) is 12.3 Å². The van der Waals surface area contributed by atoms with Crippen LogP contribution in [0.25, 0.3) is 0 Å². The minimum atomic E-state index is -0.466. The number of unbranched alkanes of at least 4 members (excludes halogenated alkanes) is 1. The highest BCUT2D eigenvalue weighted by Crippen LogP contribution is 2.04. The van der Waals surface area contributed by atoms with Crippen molar-refractivity contribution >= 4 is 11.7 Å². The van der Waals surface area contributed by atoms with E-state index in [9.17, 15) is 4.79 Å². The summed E-state index contributed by atoms with van der Waals surface area (Å²) in [6, 6.07) is 1.11. The summed E-state index contributed by atoms with van der Waals surface area (Å²) in [5.74, 6) is 0.189. The molecule has 0 unspecified atom stereocenters. The molecule has 0 fully saturated rings. The Kier molecular flexibility index (Phi) is 4.12. The molecular formula is C9H15N3O2. The fraction of sp³-hybridized carbons (Fsp3) is 0.556. The fourth-order valence-electron chi connectivity index (χ4n) is 1.05. The average Bonchev–Trinajstić information content (AvgIpc) is 2.66. The Balaban J connectivity index is 2.34. The van der Waals surface area contributed by atoms with Gasteiger partial charge in [-0.05, 0) is 6.42 Å². The van der Waals surface area contributed by atoms with Gasteiger partial charge in [0, 0.05) is 6.07 Å². The topological polar surface area (TPSA) is 81.2 Å². The molecule has 0 spiro atoms. The lowest BCUT2D eigenvalue weighted by atomic mass is 10.1. The lowest BCUT2D eigenvalue weighted by Crippen LogP contribution is -2.35. The number of carbonyl (C=O) groups is 1. The summed E-state index contributed by atoms with van der Waals surface area (Å²) in [4.78, 5) is 11.4. The van der Waals surface area contributed by atoms with Gasteiger partial charge in [0.15, 0.2) is 5.82 Å². The molecule has 1 atom stereocenters. The van der Waals surface area contributed by atoms with Crippen LogP contribution in [0.15, 0.2) is 16.9 Å². The smallest absolute Gasteiger partial charge is 0.242 e. The molecule has 0 aromatic carbocycles. The second-order valence-electron chi connectivity index (χ2n) is 3.12. The molecule has 0 aliphatic carbocycles. The fourth-order valence-corrected chi connectivity index (χ4v) is 1.05. The highest BCUT2D eigenvalue weighted by atomic mass is 16.5. The third-order valence-corrected chi connectivity index (χ3v) is 1.89. The monoisotopic (exact) mass is 197 g/mol. The average molecular weight is 197 g/mol. The minimum Gasteiger partial charge on any atom is -0.363 e. The second kappa shape index (κ2) is 5.39. The van der Waals surface area contributed by atoms with Gasteiger partial charge in [0.25, 0.3) is 0 Å². The van der Waals surface area contributed by atoms with Crippen molar-refractivity contribution < 1.29 is 9.32 Å². The van der Waals surface area contributed by atoms with Gasteiger partial charge in [-0.1, -0.05) is 24.9 Å². The summed E-state index contributed by atoms with van der Waals surface area (Å²) in [7, 11) is 0. The quantitative estimate of drug-likeness (QED) is 0.741. The molecule has 78 valence electrons. The number of rotatable bonds is 5. The first-order valence-corrected chi connectivity index (χ1v) is 4.71. The number of anilines is 1. The summed E-state index contributed by atoms with van der Waals surface area (Å²) in [5.41, 5.74) is 5.65. The van der Waals surface area contributed by atoms with E-state index in [-0.39, 0.29) is 5.91 Å². The van der Waals surface area contributed by atoms with E-state index in [1.165, 1.54) is 6.26 Å².